The maximum absolute atomic E-state index is 13.9. The molecular formula is C20H22FN5O. The number of nitrogens with zero attached hydrogens (tertiary/aromatic N) is 4. The van der Waals surface area contributed by atoms with Crippen LogP contribution in [-0.4, -0.2) is 59.0 Å². The van der Waals surface area contributed by atoms with Gasteiger partial charge in [0.15, 0.2) is 0 Å². The number of halogens is 1. The van der Waals surface area contributed by atoms with Crippen molar-refractivity contribution < 1.29 is 9.18 Å². The first-order valence-corrected chi connectivity index (χ1v) is 9.36. The molecule has 2 atom stereocenters. The van der Waals surface area contributed by atoms with Crippen LogP contribution in [0.25, 0.3) is 10.9 Å². The van der Waals surface area contributed by atoms with Crippen molar-refractivity contribution in [3.8, 4) is 6.07 Å². The quantitative estimate of drug-likeness (QED) is 0.898. The molecule has 140 valence electrons. The van der Waals surface area contributed by atoms with Gasteiger partial charge in [-0.3, -0.25) is 14.7 Å². The lowest BCUT2D eigenvalue weighted by Crippen LogP contribution is -2.42. The van der Waals surface area contributed by atoms with Crippen molar-refractivity contribution in [3.05, 3.63) is 36.3 Å². The number of carbonyl (C=O) groups excluding carboxylic acids is 1. The summed E-state index contributed by atoms with van der Waals surface area (Å²) in [6.45, 7) is 2.53. The van der Waals surface area contributed by atoms with Gasteiger partial charge in [-0.1, -0.05) is 0 Å². The van der Waals surface area contributed by atoms with E-state index >= 15 is 0 Å². The van der Waals surface area contributed by atoms with Crippen LogP contribution in [0.3, 0.4) is 0 Å². The van der Waals surface area contributed by atoms with Crippen LogP contribution >= 0.6 is 0 Å². The summed E-state index contributed by atoms with van der Waals surface area (Å²) in [4.78, 5) is 20.5. The van der Waals surface area contributed by atoms with Crippen LogP contribution in [0.1, 0.15) is 19.3 Å². The highest BCUT2D eigenvalue weighted by Crippen LogP contribution is 2.26. The molecule has 27 heavy (non-hydrogen) atoms. The zero-order valence-corrected chi connectivity index (χ0v) is 15.1. The Balaban J connectivity index is 1.39. The van der Waals surface area contributed by atoms with E-state index in [4.69, 9.17) is 5.26 Å². The van der Waals surface area contributed by atoms with Gasteiger partial charge in [-0.2, -0.15) is 5.26 Å². The molecular weight excluding hydrogens is 345 g/mol. The molecule has 0 saturated carbocycles. The smallest absolute Gasteiger partial charge is 0.237 e. The van der Waals surface area contributed by atoms with E-state index in [2.05, 4.69) is 21.3 Å². The van der Waals surface area contributed by atoms with Crippen LogP contribution < -0.4 is 5.32 Å². The summed E-state index contributed by atoms with van der Waals surface area (Å²) in [5, 5.41) is 13.5. The topological polar surface area (TPSA) is 72.3 Å². The largest absolute Gasteiger partial charge is 0.380 e. The number of pyridine rings is 1. The van der Waals surface area contributed by atoms with Gasteiger partial charge in [0, 0.05) is 49.0 Å². The molecule has 1 aromatic carbocycles. The van der Waals surface area contributed by atoms with Crippen molar-refractivity contribution in [2.75, 3.05) is 31.5 Å². The molecule has 4 rings (SSSR count). The van der Waals surface area contributed by atoms with Gasteiger partial charge in [0.25, 0.3) is 0 Å². The van der Waals surface area contributed by atoms with E-state index in [1.807, 2.05) is 12.1 Å². The van der Waals surface area contributed by atoms with Gasteiger partial charge in [0.1, 0.15) is 11.9 Å². The standard InChI is InChI=1S/C20H22FN5O/c21-14-9-18-17(4-1-6-23-18)19(10-14)24-15-5-8-25(12-15)13-20(27)26-7-2-3-16(26)11-22/h1,4,6,9-10,15-16,24H,2-3,5,7-8,12-13H2/t15-,16-/m0/s1. The van der Waals surface area contributed by atoms with Crippen LogP contribution in [0.2, 0.25) is 0 Å². The maximum atomic E-state index is 13.9. The van der Waals surface area contributed by atoms with E-state index in [-0.39, 0.29) is 23.8 Å². The number of amides is 1. The van der Waals surface area contributed by atoms with Crippen LogP contribution in [0.5, 0.6) is 0 Å². The van der Waals surface area contributed by atoms with E-state index in [0.29, 0.717) is 18.6 Å². The van der Waals surface area contributed by atoms with Crippen LogP contribution in [0.4, 0.5) is 10.1 Å². The van der Waals surface area contributed by atoms with Gasteiger partial charge < -0.3 is 10.2 Å². The third-order valence-corrected chi connectivity index (χ3v) is 5.40. The third kappa shape index (κ3) is 3.71. The van der Waals surface area contributed by atoms with Gasteiger partial charge >= 0.3 is 0 Å². The van der Waals surface area contributed by atoms with Gasteiger partial charge in [-0.25, -0.2) is 4.39 Å². The Kier molecular flexibility index (Phi) is 4.90. The van der Waals surface area contributed by atoms with Crippen molar-refractivity contribution in [1.29, 1.82) is 5.26 Å². The molecule has 2 aliphatic rings. The predicted molar refractivity (Wildman–Crippen MR) is 101 cm³/mol. The Labute approximate surface area is 157 Å². The minimum Gasteiger partial charge on any atom is -0.380 e. The van der Waals surface area contributed by atoms with Crippen LogP contribution in [0, 0.1) is 17.1 Å². The molecule has 1 aromatic heterocycles. The van der Waals surface area contributed by atoms with Gasteiger partial charge in [0.05, 0.1) is 18.1 Å². The van der Waals surface area contributed by atoms with Gasteiger partial charge in [-0.15, -0.1) is 0 Å². The van der Waals surface area contributed by atoms with Crippen LogP contribution in [0.15, 0.2) is 30.5 Å². The van der Waals surface area contributed by atoms with Gasteiger partial charge in [-0.05, 0) is 37.5 Å². The van der Waals surface area contributed by atoms with E-state index < -0.39 is 0 Å². The van der Waals surface area contributed by atoms with E-state index in [9.17, 15) is 9.18 Å². The lowest BCUT2D eigenvalue weighted by atomic mass is 10.1. The molecule has 0 spiro atoms. The first-order valence-electron chi connectivity index (χ1n) is 9.36. The fourth-order valence-electron chi connectivity index (χ4n) is 4.06. The first-order chi connectivity index (χ1) is 13.1. The number of nitrogens with one attached hydrogen (secondary N) is 1. The first kappa shape index (κ1) is 17.7. The minimum atomic E-state index is -0.315. The molecule has 3 heterocycles. The number of nitriles is 1. The second-order valence-corrected chi connectivity index (χ2v) is 7.26. The molecule has 0 unspecified atom stereocenters. The molecule has 2 saturated heterocycles. The molecule has 0 aliphatic carbocycles. The normalized spacial score (nSPS) is 22.9. The number of fused-ring (bicyclic) bond motifs is 1. The monoisotopic (exact) mass is 367 g/mol. The molecule has 1 amide bonds. The highest BCUT2D eigenvalue weighted by atomic mass is 19.1. The number of hydrogen-bond donors (Lipinski definition) is 1. The number of rotatable bonds is 4. The molecule has 2 aromatic rings. The highest BCUT2D eigenvalue weighted by Gasteiger charge is 2.31. The summed E-state index contributed by atoms with van der Waals surface area (Å²) >= 11 is 0. The van der Waals surface area contributed by atoms with Crippen molar-refractivity contribution in [1.82, 2.24) is 14.8 Å². The Morgan fingerprint density at radius 1 is 1.37 bits per heavy atom. The van der Waals surface area contributed by atoms with Crippen molar-refractivity contribution in [3.63, 3.8) is 0 Å². The van der Waals surface area contributed by atoms with E-state index in [0.717, 1.165) is 43.4 Å². The second-order valence-electron chi connectivity index (χ2n) is 7.26. The predicted octanol–water partition coefficient (Wildman–Crippen LogP) is 2.37. The zero-order valence-electron chi connectivity index (χ0n) is 15.1. The summed E-state index contributed by atoms with van der Waals surface area (Å²) in [5.41, 5.74) is 1.36. The molecule has 7 heteroatoms. The van der Waals surface area contributed by atoms with Crippen LogP contribution in [-0.2, 0) is 4.79 Å². The molecule has 1 N–H and O–H groups in total. The highest BCUT2D eigenvalue weighted by molar-refractivity contribution is 5.91. The lowest BCUT2D eigenvalue weighted by Gasteiger charge is -2.23. The summed E-state index contributed by atoms with van der Waals surface area (Å²) in [7, 11) is 0. The minimum absolute atomic E-state index is 0.0279. The summed E-state index contributed by atoms with van der Waals surface area (Å²) in [5.74, 6) is -0.287. The molecule has 2 aliphatic heterocycles. The number of hydrogen-bond acceptors (Lipinski definition) is 5. The number of benzene rings is 1. The Bertz CT molecular complexity index is 896. The molecule has 6 nitrogen and oxygen atoms in total. The molecule has 0 radical (unpaired) electrons. The fraction of sp³-hybridized carbons (Fsp3) is 0.450. The van der Waals surface area contributed by atoms with Crippen molar-refractivity contribution in [2.45, 2.75) is 31.3 Å². The average molecular weight is 367 g/mol. The Hall–Kier alpha value is -2.72. The molecule has 2 fully saturated rings. The van der Waals surface area contributed by atoms with Crippen molar-refractivity contribution >= 4 is 22.5 Å². The van der Waals surface area contributed by atoms with E-state index in [1.165, 1.54) is 12.1 Å². The second kappa shape index (κ2) is 7.49. The SMILES string of the molecule is N#C[C@@H]1CCCN1C(=O)CN1CC[C@H](Nc2cc(F)cc3ncccc23)C1. The Morgan fingerprint density at radius 3 is 3.11 bits per heavy atom. The number of anilines is 1. The Morgan fingerprint density at radius 2 is 2.26 bits per heavy atom. The summed E-state index contributed by atoms with van der Waals surface area (Å²) in [6.07, 6.45) is 4.20. The lowest BCUT2D eigenvalue weighted by molar-refractivity contribution is -0.132. The van der Waals surface area contributed by atoms with Gasteiger partial charge in [0.2, 0.25) is 5.91 Å². The van der Waals surface area contributed by atoms with E-state index in [1.54, 1.807) is 11.1 Å². The summed E-state index contributed by atoms with van der Waals surface area (Å²) in [6, 6.07) is 8.78. The fourth-order valence-corrected chi connectivity index (χ4v) is 4.06. The van der Waals surface area contributed by atoms with Crippen molar-refractivity contribution in [2.24, 2.45) is 0 Å². The number of aromatic nitrogens is 1. The third-order valence-electron chi connectivity index (χ3n) is 5.40. The zero-order chi connectivity index (χ0) is 18.8. The molecule has 0 bridgehead atoms. The maximum Gasteiger partial charge on any atom is 0.237 e. The number of carbonyl (C=O) groups is 1. The summed E-state index contributed by atoms with van der Waals surface area (Å²) < 4.78 is 13.9. The average Bonchev–Trinajstić information content (AvgIpc) is 3.30. The number of likely N-dealkylation sites (tertiary alicyclic amines) is 2.